The van der Waals surface area contributed by atoms with Crippen molar-refractivity contribution >= 4 is 23.5 Å². The molecule has 0 radical (unpaired) electrons. The van der Waals surface area contributed by atoms with Gasteiger partial charge in [-0.05, 0) is 18.6 Å². The lowest BCUT2D eigenvalue weighted by Crippen LogP contribution is -2.43. The van der Waals surface area contributed by atoms with Crippen molar-refractivity contribution in [1.82, 2.24) is 10.3 Å². The fourth-order valence-electron chi connectivity index (χ4n) is 1.49. The number of carboxylic acids is 1. The Kier molecular flexibility index (Phi) is 5.72. The molecule has 0 saturated carbocycles. The average Bonchev–Trinajstić information content (AvgIpc) is 2.34. The van der Waals surface area contributed by atoms with Gasteiger partial charge in [-0.1, -0.05) is 24.9 Å². The molecule has 0 saturated heterocycles. The molecule has 1 aromatic heterocycles. The summed E-state index contributed by atoms with van der Waals surface area (Å²) in [7, 11) is 0. The third-order valence-corrected chi connectivity index (χ3v) is 2.60. The van der Waals surface area contributed by atoms with E-state index in [1.807, 2.05) is 6.92 Å². The first kappa shape index (κ1) is 15.4. The number of nitrogens with one attached hydrogen (secondary N) is 1. The van der Waals surface area contributed by atoms with E-state index in [2.05, 4.69) is 10.3 Å². The number of nitrogens with zero attached hydrogens (tertiary/aromatic N) is 1. The SMILES string of the molecule is CCCc1cc(C(=O)NC(CO)C(=O)O)cc(Cl)n1. The Morgan fingerprint density at radius 2 is 2.16 bits per heavy atom. The number of aliphatic hydroxyl groups is 1. The van der Waals surface area contributed by atoms with Gasteiger partial charge in [0.15, 0.2) is 6.04 Å². The van der Waals surface area contributed by atoms with E-state index in [0.717, 1.165) is 6.42 Å². The van der Waals surface area contributed by atoms with Gasteiger partial charge in [0, 0.05) is 11.3 Å². The molecule has 0 aliphatic heterocycles. The first-order valence-corrected chi connectivity index (χ1v) is 6.16. The molecule has 6 nitrogen and oxygen atoms in total. The smallest absolute Gasteiger partial charge is 0.328 e. The average molecular weight is 287 g/mol. The number of rotatable bonds is 6. The van der Waals surface area contributed by atoms with Crippen molar-refractivity contribution in [2.75, 3.05) is 6.61 Å². The maximum absolute atomic E-state index is 11.9. The largest absolute Gasteiger partial charge is 0.480 e. The van der Waals surface area contributed by atoms with Gasteiger partial charge in [-0.25, -0.2) is 9.78 Å². The van der Waals surface area contributed by atoms with E-state index in [9.17, 15) is 9.59 Å². The van der Waals surface area contributed by atoms with Gasteiger partial charge in [0.2, 0.25) is 0 Å². The van der Waals surface area contributed by atoms with E-state index >= 15 is 0 Å². The number of amides is 1. The van der Waals surface area contributed by atoms with Crippen molar-refractivity contribution in [2.45, 2.75) is 25.8 Å². The van der Waals surface area contributed by atoms with Gasteiger partial charge in [0.05, 0.1) is 6.61 Å². The minimum atomic E-state index is -1.34. The number of pyridine rings is 1. The molecule has 1 aromatic rings. The van der Waals surface area contributed by atoms with Crippen molar-refractivity contribution in [3.63, 3.8) is 0 Å². The fourth-order valence-corrected chi connectivity index (χ4v) is 1.72. The highest BCUT2D eigenvalue weighted by Crippen LogP contribution is 2.12. The summed E-state index contributed by atoms with van der Waals surface area (Å²) in [5.74, 6) is -1.91. The third kappa shape index (κ3) is 4.50. The van der Waals surface area contributed by atoms with E-state index in [1.165, 1.54) is 6.07 Å². The van der Waals surface area contributed by atoms with Crippen LogP contribution in [-0.4, -0.2) is 39.7 Å². The van der Waals surface area contributed by atoms with Crippen LogP contribution in [-0.2, 0) is 11.2 Å². The molecule has 0 fully saturated rings. The lowest BCUT2D eigenvalue weighted by Gasteiger charge is -2.12. The molecule has 104 valence electrons. The van der Waals surface area contributed by atoms with Crippen molar-refractivity contribution in [1.29, 1.82) is 0 Å². The zero-order valence-corrected chi connectivity index (χ0v) is 11.1. The molecule has 1 amide bonds. The third-order valence-electron chi connectivity index (χ3n) is 2.40. The number of carbonyl (C=O) groups excluding carboxylic acids is 1. The summed E-state index contributed by atoms with van der Waals surface area (Å²) in [6.45, 7) is 1.29. The standard InChI is InChI=1S/C12H15ClN2O4/c1-2-3-8-4-7(5-10(13)14-8)11(17)15-9(6-16)12(18)19/h4-5,9,16H,2-3,6H2,1H3,(H,15,17)(H,18,19). The summed E-state index contributed by atoms with van der Waals surface area (Å²) < 4.78 is 0. The highest BCUT2D eigenvalue weighted by molar-refractivity contribution is 6.29. The number of hydrogen-bond donors (Lipinski definition) is 3. The summed E-state index contributed by atoms with van der Waals surface area (Å²) in [6, 6.07) is 1.57. The molecule has 1 atom stereocenters. The monoisotopic (exact) mass is 286 g/mol. The minimum absolute atomic E-state index is 0.173. The van der Waals surface area contributed by atoms with Crippen LogP contribution in [0.1, 0.15) is 29.4 Å². The van der Waals surface area contributed by atoms with Crippen LogP contribution in [0.15, 0.2) is 12.1 Å². The Labute approximate surface area is 115 Å². The van der Waals surface area contributed by atoms with Gasteiger partial charge < -0.3 is 15.5 Å². The van der Waals surface area contributed by atoms with E-state index in [-0.39, 0.29) is 10.7 Å². The molecule has 0 spiro atoms. The van der Waals surface area contributed by atoms with Crippen LogP contribution < -0.4 is 5.32 Å². The van der Waals surface area contributed by atoms with Gasteiger partial charge in [0.1, 0.15) is 5.15 Å². The van der Waals surface area contributed by atoms with Crippen LogP contribution in [0.5, 0.6) is 0 Å². The predicted molar refractivity (Wildman–Crippen MR) is 69.2 cm³/mol. The van der Waals surface area contributed by atoms with Crippen LogP contribution in [0, 0.1) is 0 Å². The molecule has 0 aromatic carbocycles. The zero-order chi connectivity index (χ0) is 14.4. The molecular formula is C12H15ClN2O4. The second kappa shape index (κ2) is 7.06. The summed E-state index contributed by atoms with van der Waals surface area (Å²) in [4.78, 5) is 26.6. The molecule has 1 heterocycles. The predicted octanol–water partition coefficient (Wildman–Crippen LogP) is 0.863. The molecule has 3 N–H and O–H groups in total. The molecule has 0 bridgehead atoms. The van der Waals surface area contributed by atoms with Crippen molar-refractivity contribution in [2.24, 2.45) is 0 Å². The van der Waals surface area contributed by atoms with Crippen molar-refractivity contribution in [3.05, 3.63) is 28.5 Å². The first-order valence-electron chi connectivity index (χ1n) is 5.79. The molecule has 1 unspecified atom stereocenters. The molecule has 19 heavy (non-hydrogen) atoms. The Hall–Kier alpha value is -1.66. The van der Waals surface area contributed by atoms with Crippen LogP contribution >= 0.6 is 11.6 Å². The highest BCUT2D eigenvalue weighted by Gasteiger charge is 2.20. The quantitative estimate of drug-likeness (QED) is 0.674. The number of carbonyl (C=O) groups is 2. The van der Waals surface area contributed by atoms with E-state index in [0.29, 0.717) is 12.1 Å². The Bertz CT molecular complexity index is 479. The topological polar surface area (TPSA) is 99.5 Å². The Morgan fingerprint density at radius 1 is 1.47 bits per heavy atom. The van der Waals surface area contributed by atoms with Crippen LogP contribution in [0.2, 0.25) is 5.15 Å². The van der Waals surface area contributed by atoms with Gasteiger partial charge in [-0.3, -0.25) is 4.79 Å². The lowest BCUT2D eigenvalue weighted by molar-refractivity contribution is -0.140. The first-order chi connectivity index (χ1) is 8.97. The summed E-state index contributed by atoms with van der Waals surface area (Å²) >= 11 is 5.81. The maximum Gasteiger partial charge on any atom is 0.328 e. The Balaban J connectivity index is 2.89. The lowest BCUT2D eigenvalue weighted by atomic mass is 10.1. The highest BCUT2D eigenvalue weighted by atomic mass is 35.5. The van der Waals surface area contributed by atoms with Crippen LogP contribution in [0.25, 0.3) is 0 Å². The molecular weight excluding hydrogens is 272 g/mol. The van der Waals surface area contributed by atoms with Crippen LogP contribution in [0.3, 0.4) is 0 Å². The van der Waals surface area contributed by atoms with E-state index in [4.69, 9.17) is 21.8 Å². The van der Waals surface area contributed by atoms with Crippen molar-refractivity contribution < 1.29 is 19.8 Å². The Morgan fingerprint density at radius 3 is 2.68 bits per heavy atom. The molecule has 1 rings (SSSR count). The molecule has 0 aliphatic carbocycles. The summed E-state index contributed by atoms with van der Waals surface area (Å²) in [5.41, 5.74) is 0.888. The number of halogens is 1. The number of aromatic nitrogens is 1. The summed E-state index contributed by atoms with van der Waals surface area (Å²) in [5, 5.41) is 20.0. The number of carboxylic acid groups (broad SMARTS) is 1. The second-order valence-electron chi connectivity index (χ2n) is 3.97. The second-order valence-corrected chi connectivity index (χ2v) is 4.35. The number of aliphatic hydroxyl groups excluding tert-OH is 1. The normalized spacial score (nSPS) is 11.9. The maximum atomic E-state index is 11.9. The van der Waals surface area contributed by atoms with Crippen LogP contribution in [0.4, 0.5) is 0 Å². The van der Waals surface area contributed by atoms with Gasteiger partial charge in [-0.15, -0.1) is 0 Å². The molecule has 0 aliphatic rings. The van der Waals surface area contributed by atoms with Gasteiger partial charge >= 0.3 is 5.97 Å². The van der Waals surface area contributed by atoms with Crippen molar-refractivity contribution in [3.8, 4) is 0 Å². The van der Waals surface area contributed by atoms with Gasteiger partial charge in [-0.2, -0.15) is 0 Å². The van der Waals surface area contributed by atoms with E-state index in [1.54, 1.807) is 6.07 Å². The van der Waals surface area contributed by atoms with Gasteiger partial charge in [0.25, 0.3) is 5.91 Å². The number of hydrogen-bond acceptors (Lipinski definition) is 4. The number of aliphatic carboxylic acids is 1. The number of aryl methyl sites for hydroxylation is 1. The minimum Gasteiger partial charge on any atom is -0.480 e. The molecule has 7 heteroatoms. The van der Waals surface area contributed by atoms with E-state index < -0.39 is 24.5 Å². The zero-order valence-electron chi connectivity index (χ0n) is 10.4. The summed E-state index contributed by atoms with van der Waals surface area (Å²) in [6.07, 6.45) is 1.52. The fraction of sp³-hybridized carbons (Fsp3) is 0.417.